The Morgan fingerprint density at radius 1 is 0.914 bits per heavy atom. The van der Waals surface area contributed by atoms with Crippen molar-refractivity contribution in [3.8, 4) is 17.2 Å². The standard InChI is InChI=1S/C29H28N2O4/c1-3-17-34-27-16-13-23(18-28(27)33-2)29(32)31-30-19-21-11-14-25(15-12-21)35-20-24-9-6-8-22-7-4-5-10-26(22)24/h4-16,18-19H,3,17,20H2,1-2H3,(H,31,32)/b30-19+. The van der Waals surface area contributed by atoms with Crippen molar-refractivity contribution in [2.75, 3.05) is 13.7 Å². The number of methoxy groups -OCH3 is 1. The van der Waals surface area contributed by atoms with E-state index in [0.717, 1.165) is 23.3 Å². The maximum absolute atomic E-state index is 12.5. The zero-order valence-electron chi connectivity index (χ0n) is 19.9. The molecule has 178 valence electrons. The van der Waals surface area contributed by atoms with Crippen molar-refractivity contribution >= 4 is 22.9 Å². The number of fused-ring (bicyclic) bond motifs is 1. The first-order valence-corrected chi connectivity index (χ1v) is 11.5. The van der Waals surface area contributed by atoms with Crippen molar-refractivity contribution < 1.29 is 19.0 Å². The normalized spacial score (nSPS) is 10.9. The van der Waals surface area contributed by atoms with E-state index in [1.807, 2.05) is 49.4 Å². The van der Waals surface area contributed by atoms with E-state index >= 15 is 0 Å². The Bertz CT molecular complexity index is 1310. The summed E-state index contributed by atoms with van der Waals surface area (Å²) in [6, 6.07) is 27.1. The van der Waals surface area contributed by atoms with Crippen molar-refractivity contribution in [3.05, 3.63) is 102 Å². The summed E-state index contributed by atoms with van der Waals surface area (Å²) >= 11 is 0. The molecule has 0 bridgehead atoms. The van der Waals surface area contributed by atoms with Crippen molar-refractivity contribution in [1.29, 1.82) is 0 Å². The Hall–Kier alpha value is -4.32. The largest absolute Gasteiger partial charge is 0.493 e. The minimum absolute atomic E-state index is 0.336. The van der Waals surface area contributed by atoms with E-state index in [2.05, 4.69) is 34.8 Å². The number of rotatable bonds is 10. The molecule has 0 saturated carbocycles. The summed E-state index contributed by atoms with van der Waals surface area (Å²) in [6.45, 7) is 3.09. The topological polar surface area (TPSA) is 69.2 Å². The van der Waals surface area contributed by atoms with Gasteiger partial charge in [0.2, 0.25) is 0 Å². The molecule has 35 heavy (non-hydrogen) atoms. The van der Waals surface area contributed by atoms with Gasteiger partial charge in [-0.05, 0) is 70.8 Å². The number of carbonyl (C=O) groups is 1. The van der Waals surface area contributed by atoms with Crippen molar-refractivity contribution in [2.45, 2.75) is 20.0 Å². The predicted octanol–water partition coefficient (Wildman–Crippen LogP) is 5.98. The van der Waals surface area contributed by atoms with Crippen LogP contribution in [-0.2, 0) is 6.61 Å². The minimum Gasteiger partial charge on any atom is -0.493 e. The van der Waals surface area contributed by atoms with E-state index < -0.39 is 0 Å². The van der Waals surface area contributed by atoms with Crippen LogP contribution in [-0.4, -0.2) is 25.8 Å². The Morgan fingerprint density at radius 2 is 1.71 bits per heavy atom. The Balaban J connectivity index is 1.32. The molecule has 0 radical (unpaired) electrons. The van der Waals surface area contributed by atoms with Gasteiger partial charge in [0, 0.05) is 5.56 Å². The summed E-state index contributed by atoms with van der Waals surface area (Å²) in [6.07, 6.45) is 2.47. The molecule has 0 atom stereocenters. The highest BCUT2D eigenvalue weighted by Crippen LogP contribution is 2.28. The van der Waals surface area contributed by atoms with Crippen LogP contribution >= 0.6 is 0 Å². The second-order valence-electron chi connectivity index (χ2n) is 7.91. The molecule has 6 heteroatoms. The number of hydrazone groups is 1. The maximum Gasteiger partial charge on any atom is 0.271 e. The van der Waals surface area contributed by atoms with Crippen LogP contribution in [0.4, 0.5) is 0 Å². The molecule has 4 aromatic rings. The van der Waals surface area contributed by atoms with Crippen LogP contribution in [0.5, 0.6) is 17.2 Å². The van der Waals surface area contributed by atoms with Gasteiger partial charge in [0.15, 0.2) is 11.5 Å². The zero-order valence-corrected chi connectivity index (χ0v) is 19.9. The average Bonchev–Trinajstić information content (AvgIpc) is 2.91. The van der Waals surface area contributed by atoms with Gasteiger partial charge in [0.25, 0.3) is 5.91 Å². The van der Waals surface area contributed by atoms with Gasteiger partial charge >= 0.3 is 0 Å². The molecule has 0 saturated heterocycles. The fourth-order valence-electron chi connectivity index (χ4n) is 3.60. The van der Waals surface area contributed by atoms with Crippen molar-refractivity contribution in [1.82, 2.24) is 5.43 Å². The number of hydrogen-bond donors (Lipinski definition) is 1. The van der Waals surface area contributed by atoms with Crippen LogP contribution in [0.2, 0.25) is 0 Å². The summed E-state index contributed by atoms with van der Waals surface area (Å²) in [7, 11) is 1.55. The summed E-state index contributed by atoms with van der Waals surface area (Å²) in [4.78, 5) is 12.5. The number of carbonyl (C=O) groups excluding carboxylic acids is 1. The highest BCUT2D eigenvalue weighted by Gasteiger charge is 2.10. The van der Waals surface area contributed by atoms with Gasteiger partial charge in [-0.1, -0.05) is 49.4 Å². The summed E-state index contributed by atoms with van der Waals surface area (Å²) < 4.78 is 16.9. The maximum atomic E-state index is 12.5. The average molecular weight is 469 g/mol. The number of benzene rings is 4. The quantitative estimate of drug-likeness (QED) is 0.230. The van der Waals surface area contributed by atoms with E-state index in [0.29, 0.717) is 30.3 Å². The third-order valence-electron chi connectivity index (χ3n) is 5.42. The molecule has 0 heterocycles. The van der Waals surface area contributed by atoms with Crippen LogP contribution in [0.3, 0.4) is 0 Å². The third kappa shape index (κ3) is 6.18. The van der Waals surface area contributed by atoms with Crippen LogP contribution in [0.15, 0.2) is 90.0 Å². The molecule has 0 aromatic heterocycles. The highest BCUT2D eigenvalue weighted by atomic mass is 16.5. The Morgan fingerprint density at radius 3 is 2.51 bits per heavy atom. The van der Waals surface area contributed by atoms with E-state index in [-0.39, 0.29) is 5.91 Å². The molecular weight excluding hydrogens is 440 g/mol. The lowest BCUT2D eigenvalue weighted by Crippen LogP contribution is -2.17. The summed E-state index contributed by atoms with van der Waals surface area (Å²) in [5, 5.41) is 6.45. The number of nitrogens with one attached hydrogen (secondary N) is 1. The van der Waals surface area contributed by atoms with Crippen LogP contribution in [0, 0.1) is 0 Å². The molecule has 0 aliphatic heterocycles. The van der Waals surface area contributed by atoms with E-state index in [4.69, 9.17) is 14.2 Å². The van der Waals surface area contributed by atoms with E-state index in [1.54, 1.807) is 31.5 Å². The summed E-state index contributed by atoms with van der Waals surface area (Å²) in [5.74, 6) is 1.54. The minimum atomic E-state index is -0.336. The molecule has 6 nitrogen and oxygen atoms in total. The van der Waals surface area contributed by atoms with Gasteiger partial charge in [-0.3, -0.25) is 4.79 Å². The lowest BCUT2D eigenvalue weighted by atomic mass is 10.1. The fourth-order valence-corrected chi connectivity index (χ4v) is 3.60. The first-order chi connectivity index (χ1) is 17.2. The van der Waals surface area contributed by atoms with Crippen molar-refractivity contribution in [3.63, 3.8) is 0 Å². The molecule has 0 aliphatic rings. The fraction of sp³-hybridized carbons (Fsp3) is 0.172. The Labute approximate surface area is 205 Å². The molecule has 1 N–H and O–H groups in total. The molecule has 0 spiro atoms. The van der Waals surface area contributed by atoms with Gasteiger partial charge in [0.1, 0.15) is 12.4 Å². The first kappa shape index (κ1) is 23.8. The molecule has 0 fully saturated rings. The van der Waals surface area contributed by atoms with Gasteiger partial charge in [-0.25, -0.2) is 5.43 Å². The highest BCUT2D eigenvalue weighted by molar-refractivity contribution is 5.95. The molecule has 4 aromatic carbocycles. The van der Waals surface area contributed by atoms with Gasteiger partial charge in [-0.15, -0.1) is 0 Å². The van der Waals surface area contributed by atoms with Crippen LogP contribution in [0.25, 0.3) is 10.8 Å². The number of hydrogen-bond acceptors (Lipinski definition) is 5. The van der Waals surface area contributed by atoms with Crippen molar-refractivity contribution in [2.24, 2.45) is 5.10 Å². The van der Waals surface area contributed by atoms with E-state index in [9.17, 15) is 4.79 Å². The molecular formula is C29H28N2O4. The lowest BCUT2D eigenvalue weighted by Gasteiger charge is -2.11. The lowest BCUT2D eigenvalue weighted by molar-refractivity contribution is 0.0954. The smallest absolute Gasteiger partial charge is 0.271 e. The molecule has 1 amide bonds. The SMILES string of the molecule is CCCOc1ccc(C(=O)N/N=C/c2ccc(OCc3cccc4ccccc34)cc2)cc1OC. The number of ether oxygens (including phenoxy) is 3. The van der Waals surface area contributed by atoms with E-state index in [1.165, 1.54) is 10.8 Å². The van der Waals surface area contributed by atoms with Crippen LogP contribution < -0.4 is 19.6 Å². The number of nitrogens with zero attached hydrogens (tertiary/aromatic N) is 1. The monoisotopic (exact) mass is 468 g/mol. The molecule has 0 aliphatic carbocycles. The zero-order chi connectivity index (χ0) is 24.5. The second-order valence-corrected chi connectivity index (χ2v) is 7.91. The van der Waals surface area contributed by atoms with Gasteiger partial charge in [0.05, 0.1) is 19.9 Å². The van der Waals surface area contributed by atoms with Gasteiger partial charge in [-0.2, -0.15) is 5.10 Å². The molecule has 0 unspecified atom stereocenters. The number of amides is 1. The van der Waals surface area contributed by atoms with Gasteiger partial charge < -0.3 is 14.2 Å². The third-order valence-corrected chi connectivity index (χ3v) is 5.42. The molecule has 4 rings (SSSR count). The Kier molecular flexibility index (Phi) is 7.96. The van der Waals surface area contributed by atoms with Crippen LogP contribution in [0.1, 0.15) is 34.8 Å². The summed E-state index contributed by atoms with van der Waals surface area (Å²) in [5.41, 5.74) is 4.95. The first-order valence-electron chi connectivity index (χ1n) is 11.5. The second kappa shape index (κ2) is 11.7. The predicted molar refractivity (Wildman–Crippen MR) is 139 cm³/mol.